The molecule has 5 nitrogen and oxygen atoms in total. The van der Waals surface area contributed by atoms with E-state index < -0.39 is 0 Å². The molecule has 1 aromatic heterocycles. The first kappa shape index (κ1) is 20.2. The number of ketones is 1. The van der Waals surface area contributed by atoms with Crippen LogP contribution in [-0.4, -0.2) is 27.7 Å². The van der Waals surface area contributed by atoms with Gasteiger partial charge in [0.15, 0.2) is 0 Å². The standard InChI is InChI=1S/C20H26N2O3S/c1-3-25-19(24)13-9-5-8-12-17(20-21-15(2)22-26-20)18(23)14-16-10-6-4-7-11-16/h4,6-7,10-11,17H,3,5,8-9,12-14H2,1-2H3. The molecule has 6 heteroatoms. The van der Waals surface area contributed by atoms with E-state index in [4.69, 9.17) is 4.74 Å². The topological polar surface area (TPSA) is 69.2 Å². The van der Waals surface area contributed by atoms with Crippen molar-refractivity contribution in [2.75, 3.05) is 6.61 Å². The van der Waals surface area contributed by atoms with Crippen LogP contribution in [0, 0.1) is 6.92 Å². The van der Waals surface area contributed by atoms with Crippen LogP contribution in [0.5, 0.6) is 0 Å². The maximum Gasteiger partial charge on any atom is 0.305 e. The number of hydrogen-bond donors (Lipinski definition) is 0. The molecule has 0 aliphatic rings. The van der Waals surface area contributed by atoms with Crippen LogP contribution in [0.2, 0.25) is 0 Å². The molecular weight excluding hydrogens is 348 g/mol. The summed E-state index contributed by atoms with van der Waals surface area (Å²) in [7, 11) is 0. The van der Waals surface area contributed by atoms with Gasteiger partial charge in [-0.15, -0.1) is 0 Å². The lowest BCUT2D eigenvalue weighted by Gasteiger charge is -2.13. The Morgan fingerprint density at radius 2 is 1.92 bits per heavy atom. The number of Topliss-reactive ketones (excluding diaryl/α,β-unsaturated/α-hetero) is 1. The van der Waals surface area contributed by atoms with Gasteiger partial charge in [0.05, 0.1) is 12.5 Å². The zero-order chi connectivity index (χ0) is 18.8. The average molecular weight is 375 g/mol. The molecule has 0 aliphatic carbocycles. The number of carbonyl (C=O) groups is 2. The van der Waals surface area contributed by atoms with Crippen molar-refractivity contribution in [2.24, 2.45) is 0 Å². The smallest absolute Gasteiger partial charge is 0.305 e. The highest BCUT2D eigenvalue weighted by Gasteiger charge is 2.24. The van der Waals surface area contributed by atoms with Crippen molar-refractivity contribution >= 4 is 23.3 Å². The second-order valence-corrected chi connectivity index (χ2v) is 7.05. The van der Waals surface area contributed by atoms with E-state index in [0.717, 1.165) is 36.3 Å². The molecule has 26 heavy (non-hydrogen) atoms. The number of ether oxygens (including phenoxy) is 1. The molecule has 140 valence electrons. The van der Waals surface area contributed by atoms with Gasteiger partial charge >= 0.3 is 5.97 Å². The van der Waals surface area contributed by atoms with E-state index in [1.807, 2.05) is 44.2 Å². The number of carbonyl (C=O) groups excluding carboxylic acids is 2. The highest BCUT2D eigenvalue weighted by molar-refractivity contribution is 7.05. The van der Waals surface area contributed by atoms with E-state index in [2.05, 4.69) is 9.36 Å². The van der Waals surface area contributed by atoms with E-state index in [0.29, 0.717) is 25.3 Å². The Balaban J connectivity index is 1.90. The molecule has 2 aromatic rings. The van der Waals surface area contributed by atoms with E-state index in [9.17, 15) is 9.59 Å². The van der Waals surface area contributed by atoms with Gasteiger partial charge in [0, 0.05) is 12.8 Å². The number of unbranched alkanes of at least 4 members (excludes halogenated alkanes) is 2. The van der Waals surface area contributed by atoms with Gasteiger partial charge in [-0.2, -0.15) is 4.37 Å². The second kappa shape index (κ2) is 10.8. The van der Waals surface area contributed by atoms with Gasteiger partial charge in [-0.05, 0) is 43.8 Å². The van der Waals surface area contributed by atoms with Crippen LogP contribution >= 0.6 is 11.5 Å². The number of nitrogens with zero attached hydrogens (tertiary/aromatic N) is 2. The van der Waals surface area contributed by atoms with Crippen molar-refractivity contribution in [3.8, 4) is 0 Å². The molecule has 0 bridgehead atoms. The fourth-order valence-corrected chi connectivity index (χ4v) is 3.64. The summed E-state index contributed by atoms with van der Waals surface area (Å²) in [6.07, 6.45) is 4.15. The lowest BCUT2D eigenvalue weighted by molar-refractivity contribution is -0.143. The highest BCUT2D eigenvalue weighted by atomic mass is 32.1. The first-order valence-electron chi connectivity index (χ1n) is 9.12. The minimum Gasteiger partial charge on any atom is -0.466 e. The molecule has 1 atom stereocenters. The Morgan fingerprint density at radius 1 is 1.15 bits per heavy atom. The number of aromatic nitrogens is 2. The van der Waals surface area contributed by atoms with Gasteiger partial charge in [0.25, 0.3) is 0 Å². The predicted octanol–water partition coefficient (Wildman–Crippen LogP) is 4.26. The maximum atomic E-state index is 12.8. The van der Waals surface area contributed by atoms with Gasteiger partial charge in [-0.3, -0.25) is 9.59 Å². The van der Waals surface area contributed by atoms with Crippen molar-refractivity contribution in [3.63, 3.8) is 0 Å². The van der Waals surface area contributed by atoms with Crippen molar-refractivity contribution in [1.82, 2.24) is 9.36 Å². The van der Waals surface area contributed by atoms with Crippen molar-refractivity contribution in [2.45, 2.75) is 58.3 Å². The number of aryl methyl sites for hydroxylation is 1. The molecule has 2 rings (SSSR count). The Kier molecular flexibility index (Phi) is 8.41. The normalized spacial score (nSPS) is 11.9. The Labute approximate surface area is 159 Å². The van der Waals surface area contributed by atoms with Gasteiger partial charge in [-0.1, -0.05) is 43.2 Å². The molecule has 0 fully saturated rings. The van der Waals surface area contributed by atoms with Crippen LogP contribution in [0.15, 0.2) is 30.3 Å². The van der Waals surface area contributed by atoms with Crippen molar-refractivity contribution in [1.29, 1.82) is 0 Å². The van der Waals surface area contributed by atoms with E-state index in [1.54, 1.807) is 0 Å². The molecule has 1 heterocycles. The highest BCUT2D eigenvalue weighted by Crippen LogP contribution is 2.27. The number of benzene rings is 1. The molecule has 1 aromatic carbocycles. The number of hydrogen-bond acceptors (Lipinski definition) is 6. The van der Waals surface area contributed by atoms with Gasteiger partial charge < -0.3 is 4.74 Å². The van der Waals surface area contributed by atoms with Crippen LogP contribution in [0.25, 0.3) is 0 Å². The SMILES string of the molecule is CCOC(=O)CCCCCC(C(=O)Cc1ccccc1)c1nc(C)ns1. The molecule has 0 N–H and O–H groups in total. The number of rotatable bonds is 11. The van der Waals surface area contributed by atoms with Crippen LogP contribution in [0.1, 0.15) is 61.3 Å². The summed E-state index contributed by atoms with van der Waals surface area (Å²) >= 11 is 1.32. The first-order chi connectivity index (χ1) is 12.6. The summed E-state index contributed by atoms with van der Waals surface area (Å²) < 4.78 is 9.17. The lowest BCUT2D eigenvalue weighted by atomic mass is 9.93. The van der Waals surface area contributed by atoms with E-state index in [1.165, 1.54) is 11.5 Å². The molecule has 0 spiro atoms. The molecule has 0 amide bonds. The molecule has 0 aliphatic heterocycles. The average Bonchev–Trinajstić information content (AvgIpc) is 3.05. The summed E-state index contributed by atoms with van der Waals surface area (Å²) in [5, 5.41) is 0.800. The fourth-order valence-electron chi connectivity index (χ4n) is 2.82. The molecular formula is C20H26N2O3S. The third-order valence-corrected chi connectivity index (χ3v) is 5.05. The van der Waals surface area contributed by atoms with E-state index >= 15 is 0 Å². The second-order valence-electron chi connectivity index (χ2n) is 6.27. The summed E-state index contributed by atoms with van der Waals surface area (Å²) in [5.41, 5.74) is 1.02. The minimum atomic E-state index is -0.219. The Hall–Kier alpha value is -2.08. The summed E-state index contributed by atoms with van der Waals surface area (Å²) in [5.74, 6) is 0.524. The van der Waals surface area contributed by atoms with Gasteiger partial charge in [0.2, 0.25) is 0 Å². The summed E-state index contributed by atoms with van der Waals surface area (Å²) in [4.78, 5) is 28.7. The van der Waals surface area contributed by atoms with Crippen LogP contribution in [-0.2, 0) is 20.7 Å². The predicted molar refractivity (Wildman–Crippen MR) is 102 cm³/mol. The molecule has 1 unspecified atom stereocenters. The summed E-state index contributed by atoms with van der Waals surface area (Å²) in [6.45, 7) is 4.08. The third-order valence-electron chi connectivity index (χ3n) is 4.13. The Bertz CT molecular complexity index is 700. The monoisotopic (exact) mass is 374 g/mol. The first-order valence-corrected chi connectivity index (χ1v) is 9.90. The molecule has 0 saturated heterocycles. The maximum absolute atomic E-state index is 12.8. The largest absolute Gasteiger partial charge is 0.466 e. The fraction of sp³-hybridized carbons (Fsp3) is 0.500. The minimum absolute atomic E-state index is 0.149. The van der Waals surface area contributed by atoms with E-state index in [-0.39, 0.29) is 17.7 Å². The summed E-state index contributed by atoms with van der Waals surface area (Å²) in [6, 6.07) is 9.78. The lowest BCUT2D eigenvalue weighted by Crippen LogP contribution is -2.15. The Morgan fingerprint density at radius 3 is 2.58 bits per heavy atom. The zero-order valence-corrected chi connectivity index (χ0v) is 16.3. The zero-order valence-electron chi connectivity index (χ0n) is 15.4. The van der Waals surface area contributed by atoms with Crippen molar-refractivity contribution < 1.29 is 14.3 Å². The van der Waals surface area contributed by atoms with Gasteiger partial charge in [-0.25, -0.2) is 4.98 Å². The van der Waals surface area contributed by atoms with Gasteiger partial charge in [0.1, 0.15) is 16.6 Å². The van der Waals surface area contributed by atoms with Crippen molar-refractivity contribution in [3.05, 3.63) is 46.7 Å². The number of esters is 1. The quantitative estimate of drug-likeness (QED) is 0.434. The third kappa shape index (κ3) is 6.67. The molecule has 0 saturated carbocycles. The van der Waals surface area contributed by atoms with Crippen LogP contribution in [0.4, 0.5) is 0 Å². The van der Waals surface area contributed by atoms with Crippen LogP contribution < -0.4 is 0 Å². The molecule has 0 radical (unpaired) electrons. The van der Waals surface area contributed by atoms with Crippen LogP contribution in [0.3, 0.4) is 0 Å².